The van der Waals surface area contributed by atoms with Crippen LogP contribution in [-0.2, 0) is 21.2 Å². The Morgan fingerprint density at radius 2 is 2.12 bits per heavy atom. The number of fused-ring (bicyclic) bond motifs is 1. The van der Waals surface area contributed by atoms with Crippen LogP contribution in [0.25, 0.3) is 0 Å². The van der Waals surface area contributed by atoms with Crippen LogP contribution in [-0.4, -0.2) is 32.9 Å². The van der Waals surface area contributed by atoms with Crippen molar-refractivity contribution in [2.24, 2.45) is 0 Å². The SMILES string of the molecule is C=CCNc1ccc(NS(=O)(=O)c2ccc3c(c2)CC(=O)N3C)cn1. The highest BCUT2D eigenvalue weighted by Gasteiger charge is 2.26. The van der Waals surface area contributed by atoms with E-state index in [1.165, 1.54) is 23.2 Å². The second-order valence-corrected chi connectivity index (χ2v) is 7.31. The van der Waals surface area contributed by atoms with Crippen molar-refractivity contribution in [1.29, 1.82) is 0 Å². The van der Waals surface area contributed by atoms with Crippen molar-refractivity contribution in [3.8, 4) is 0 Å². The smallest absolute Gasteiger partial charge is 0.261 e. The van der Waals surface area contributed by atoms with Gasteiger partial charge in [-0.05, 0) is 35.9 Å². The van der Waals surface area contributed by atoms with Crippen LogP contribution < -0.4 is 14.9 Å². The van der Waals surface area contributed by atoms with Gasteiger partial charge in [0.15, 0.2) is 0 Å². The number of anilines is 3. The number of likely N-dealkylation sites (N-methyl/N-ethyl adjacent to an activating group) is 1. The lowest BCUT2D eigenvalue weighted by Crippen LogP contribution is -2.20. The van der Waals surface area contributed by atoms with Crippen LogP contribution in [0.5, 0.6) is 0 Å². The molecule has 130 valence electrons. The number of amides is 1. The highest BCUT2D eigenvalue weighted by Crippen LogP contribution is 2.30. The van der Waals surface area contributed by atoms with Crippen molar-refractivity contribution in [1.82, 2.24) is 4.98 Å². The van der Waals surface area contributed by atoms with Gasteiger partial charge in [-0.2, -0.15) is 0 Å². The number of aromatic nitrogens is 1. The van der Waals surface area contributed by atoms with E-state index in [0.717, 1.165) is 5.69 Å². The molecule has 1 aromatic carbocycles. The monoisotopic (exact) mass is 358 g/mol. The molecule has 0 spiro atoms. The van der Waals surface area contributed by atoms with E-state index in [1.807, 2.05) is 0 Å². The second-order valence-electron chi connectivity index (χ2n) is 5.63. The molecule has 0 aliphatic carbocycles. The third-order valence-electron chi connectivity index (χ3n) is 3.88. The first kappa shape index (κ1) is 17.0. The number of sulfonamides is 1. The fourth-order valence-electron chi connectivity index (χ4n) is 2.56. The molecule has 0 unspecified atom stereocenters. The van der Waals surface area contributed by atoms with Gasteiger partial charge in [-0.1, -0.05) is 6.08 Å². The first-order chi connectivity index (χ1) is 11.9. The van der Waals surface area contributed by atoms with Crippen LogP contribution in [0, 0.1) is 0 Å². The summed E-state index contributed by atoms with van der Waals surface area (Å²) in [7, 11) is -2.08. The number of hydrogen-bond acceptors (Lipinski definition) is 5. The summed E-state index contributed by atoms with van der Waals surface area (Å²) in [6, 6.07) is 7.98. The lowest BCUT2D eigenvalue weighted by atomic mass is 10.2. The first-order valence-corrected chi connectivity index (χ1v) is 9.12. The van der Waals surface area contributed by atoms with Crippen LogP contribution in [0.4, 0.5) is 17.2 Å². The highest BCUT2D eigenvalue weighted by atomic mass is 32.2. The maximum absolute atomic E-state index is 12.6. The summed E-state index contributed by atoms with van der Waals surface area (Å²) >= 11 is 0. The molecule has 7 nitrogen and oxygen atoms in total. The molecule has 2 heterocycles. The molecule has 1 aromatic heterocycles. The molecule has 1 aliphatic heterocycles. The molecule has 3 rings (SSSR count). The van der Waals surface area contributed by atoms with E-state index < -0.39 is 10.0 Å². The third-order valence-corrected chi connectivity index (χ3v) is 5.26. The molecule has 0 atom stereocenters. The Balaban J connectivity index is 1.79. The Morgan fingerprint density at radius 3 is 2.80 bits per heavy atom. The maximum Gasteiger partial charge on any atom is 0.261 e. The third kappa shape index (κ3) is 3.48. The Morgan fingerprint density at radius 1 is 1.32 bits per heavy atom. The zero-order valence-electron chi connectivity index (χ0n) is 13.7. The molecule has 2 N–H and O–H groups in total. The zero-order chi connectivity index (χ0) is 18.0. The van der Waals surface area contributed by atoms with Crippen molar-refractivity contribution in [3.63, 3.8) is 0 Å². The van der Waals surface area contributed by atoms with E-state index in [0.29, 0.717) is 23.6 Å². The van der Waals surface area contributed by atoms with E-state index >= 15 is 0 Å². The zero-order valence-corrected chi connectivity index (χ0v) is 14.5. The van der Waals surface area contributed by atoms with E-state index in [2.05, 4.69) is 21.6 Å². The van der Waals surface area contributed by atoms with Crippen molar-refractivity contribution in [2.75, 3.05) is 28.5 Å². The molecule has 8 heteroatoms. The predicted octanol–water partition coefficient (Wildman–Crippen LogP) is 2.00. The quantitative estimate of drug-likeness (QED) is 0.771. The molecule has 0 bridgehead atoms. The summed E-state index contributed by atoms with van der Waals surface area (Å²) in [4.78, 5) is 17.5. The van der Waals surface area contributed by atoms with E-state index in [1.54, 1.807) is 31.3 Å². The van der Waals surface area contributed by atoms with Gasteiger partial charge in [-0.25, -0.2) is 13.4 Å². The van der Waals surface area contributed by atoms with E-state index in [4.69, 9.17) is 0 Å². The molecule has 1 amide bonds. The standard InChI is InChI=1S/C17H18N4O3S/c1-3-8-18-16-7-4-13(11-19-16)20-25(23,24)14-5-6-15-12(9-14)10-17(22)21(15)2/h3-7,9,11,20H,1,8,10H2,2H3,(H,18,19). The van der Waals surface area contributed by atoms with Crippen LogP contribution >= 0.6 is 0 Å². The molecule has 0 saturated carbocycles. The van der Waals surface area contributed by atoms with Gasteiger partial charge in [-0.15, -0.1) is 6.58 Å². The van der Waals surface area contributed by atoms with Gasteiger partial charge in [-0.3, -0.25) is 9.52 Å². The predicted molar refractivity (Wildman–Crippen MR) is 97.3 cm³/mol. The lowest BCUT2D eigenvalue weighted by Gasteiger charge is -2.12. The fraction of sp³-hybridized carbons (Fsp3) is 0.176. The number of nitrogens with one attached hydrogen (secondary N) is 2. The minimum atomic E-state index is -3.76. The lowest BCUT2D eigenvalue weighted by molar-refractivity contribution is -0.117. The topological polar surface area (TPSA) is 91.4 Å². The van der Waals surface area contributed by atoms with Gasteiger partial charge >= 0.3 is 0 Å². The summed E-state index contributed by atoms with van der Waals surface area (Å²) in [6.45, 7) is 4.17. The number of pyridine rings is 1. The average Bonchev–Trinajstić information content (AvgIpc) is 2.88. The summed E-state index contributed by atoms with van der Waals surface area (Å²) in [6.07, 6.45) is 3.35. The first-order valence-electron chi connectivity index (χ1n) is 7.64. The number of rotatable bonds is 6. The Hall–Kier alpha value is -2.87. The fourth-order valence-corrected chi connectivity index (χ4v) is 3.66. The van der Waals surface area contributed by atoms with Crippen LogP contribution in [0.1, 0.15) is 5.56 Å². The molecule has 0 fully saturated rings. The van der Waals surface area contributed by atoms with Gasteiger partial charge in [0.25, 0.3) is 10.0 Å². The Bertz CT molecular complexity index is 923. The van der Waals surface area contributed by atoms with Crippen molar-refractivity contribution in [3.05, 3.63) is 54.7 Å². The Labute approximate surface area is 146 Å². The number of benzene rings is 1. The number of carbonyl (C=O) groups is 1. The number of nitrogens with zero attached hydrogens (tertiary/aromatic N) is 2. The minimum absolute atomic E-state index is 0.0516. The van der Waals surface area contributed by atoms with Gasteiger partial charge in [0.1, 0.15) is 5.82 Å². The molecule has 25 heavy (non-hydrogen) atoms. The van der Waals surface area contributed by atoms with Gasteiger partial charge in [0, 0.05) is 19.3 Å². The normalized spacial score (nSPS) is 13.5. The minimum Gasteiger partial charge on any atom is -0.367 e. The maximum atomic E-state index is 12.6. The largest absolute Gasteiger partial charge is 0.367 e. The second kappa shape index (κ2) is 6.56. The highest BCUT2D eigenvalue weighted by molar-refractivity contribution is 7.92. The van der Waals surface area contributed by atoms with Crippen molar-refractivity contribution in [2.45, 2.75) is 11.3 Å². The van der Waals surface area contributed by atoms with Crippen molar-refractivity contribution >= 4 is 33.1 Å². The molecular formula is C17H18N4O3S. The summed E-state index contributed by atoms with van der Waals surface area (Å²) in [5.74, 6) is 0.575. The molecule has 0 radical (unpaired) electrons. The van der Waals surface area contributed by atoms with Crippen LogP contribution in [0.15, 0.2) is 54.1 Å². The molecular weight excluding hydrogens is 340 g/mol. The summed E-state index contributed by atoms with van der Waals surface area (Å²) in [5.41, 5.74) is 1.80. The van der Waals surface area contributed by atoms with Gasteiger partial charge in [0.2, 0.25) is 5.91 Å². The van der Waals surface area contributed by atoms with Gasteiger partial charge < -0.3 is 10.2 Å². The molecule has 0 saturated heterocycles. The summed E-state index contributed by atoms with van der Waals surface area (Å²) < 4.78 is 27.6. The number of hydrogen-bond donors (Lipinski definition) is 2. The number of carbonyl (C=O) groups excluding carboxylic acids is 1. The Kier molecular flexibility index (Phi) is 4.45. The van der Waals surface area contributed by atoms with Crippen LogP contribution in [0.3, 0.4) is 0 Å². The molecule has 1 aliphatic rings. The summed E-state index contributed by atoms with van der Waals surface area (Å²) in [5, 5.41) is 3.01. The van der Waals surface area contributed by atoms with Crippen LogP contribution in [0.2, 0.25) is 0 Å². The van der Waals surface area contributed by atoms with E-state index in [-0.39, 0.29) is 17.2 Å². The molecule has 2 aromatic rings. The van der Waals surface area contributed by atoms with Gasteiger partial charge in [0.05, 0.1) is 23.2 Å². The van der Waals surface area contributed by atoms with E-state index in [9.17, 15) is 13.2 Å². The van der Waals surface area contributed by atoms with Crippen molar-refractivity contribution < 1.29 is 13.2 Å². The average molecular weight is 358 g/mol.